The third-order valence-corrected chi connectivity index (χ3v) is 3.50. The Balaban J connectivity index is 1.78. The number of carbonyl (C=O) groups is 2. The molecule has 0 radical (unpaired) electrons. The highest BCUT2D eigenvalue weighted by atomic mass is 32.1. The summed E-state index contributed by atoms with van der Waals surface area (Å²) in [6, 6.07) is 3.87. The number of hydrogen-bond donors (Lipinski definition) is 1. The van der Waals surface area contributed by atoms with E-state index < -0.39 is 5.97 Å². The molecule has 0 aromatic carbocycles. The Morgan fingerprint density at radius 3 is 2.88 bits per heavy atom. The fourth-order valence-corrected chi connectivity index (χ4v) is 2.39. The summed E-state index contributed by atoms with van der Waals surface area (Å²) in [5.41, 5.74) is 0. The fourth-order valence-electron chi connectivity index (χ4n) is 1.77. The lowest BCUT2D eigenvalue weighted by Crippen LogP contribution is -2.49. The van der Waals surface area contributed by atoms with Crippen LogP contribution in [0.3, 0.4) is 0 Å². The maximum Gasteiger partial charge on any atom is 0.303 e. The van der Waals surface area contributed by atoms with Crippen molar-refractivity contribution < 1.29 is 14.7 Å². The molecule has 0 bridgehead atoms. The molecule has 1 fully saturated rings. The van der Waals surface area contributed by atoms with Crippen molar-refractivity contribution in [3.05, 3.63) is 28.5 Å². The number of thiophene rings is 1. The van der Waals surface area contributed by atoms with Crippen molar-refractivity contribution in [2.24, 2.45) is 5.92 Å². The molecule has 0 saturated carbocycles. The van der Waals surface area contributed by atoms with Crippen LogP contribution in [-0.2, 0) is 9.59 Å². The molecule has 1 aromatic heterocycles. The lowest BCUT2D eigenvalue weighted by Gasteiger charge is -2.37. The molecule has 0 spiro atoms. The Hall–Kier alpha value is -1.62. The second-order valence-electron chi connectivity index (χ2n) is 4.06. The number of rotatable bonds is 4. The molecule has 1 aromatic rings. The molecule has 1 aliphatic heterocycles. The van der Waals surface area contributed by atoms with Crippen molar-refractivity contribution in [3.63, 3.8) is 0 Å². The number of amides is 1. The Labute approximate surface area is 103 Å². The van der Waals surface area contributed by atoms with Crippen LogP contribution in [0.25, 0.3) is 6.08 Å². The maximum atomic E-state index is 11.6. The summed E-state index contributed by atoms with van der Waals surface area (Å²) in [7, 11) is 0. The van der Waals surface area contributed by atoms with Gasteiger partial charge in [0.05, 0.1) is 6.42 Å². The van der Waals surface area contributed by atoms with Gasteiger partial charge in [-0.2, -0.15) is 0 Å². The number of carboxylic acids is 1. The minimum absolute atomic E-state index is 0.0416. The van der Waals surface area contributed by atoms with Gasteiger partial charge in [-0.25, -0.2) is 0 Å². The molecule has 17 heavy (non-hydrogen) atoms. The first-order valence-electron chi connectivity index (χ1n) is 5.37. The van der Waals surface area contributed by atoms with Crippen LogP contribution in [-0.4, -0.2) is 35.0 Å². The van der Waals surface area contributed by atoms with E-state index in [1.807, 2.05) is 17.5 Å². The van der Waals surface area contributed by atoms with Crippen molar-refractivity contribution in [2.45, 2.75) is 6.42 Å². The van der Waals surface area contributed by atoms with Gasteiger partial charge in [-0.1, -0.05) is 6.07 Å². The van der Waals surface area contributed by atoms with Crippen LogP contribution in [0.15, 0.2) is 23.6 Å². The van der Waals surface area contributed by atoms with E-state index in [1.54, 1.807) is 28.4 Å². The van der Waals surface area contributed by atoms with Gasteiger partial charge in [0.2, 0.25) is 5.91 Å². The third-order valence-electron chi connectivity index (χ3n) is 2.67. The van der Waals surface area contributed by atoms with E-state index in [9.17, 15) is 9.59 Å². The van der Waals surface area contributed by atoms with Gasteiger partial charge in [0.25, 0.3) is 0 Å². The van der Waals surface area contributed by atoms with Crippen molar-refractivity contribution in [2.75, 3.05) is 13.1 Å². The third kappa shape index (κ3) is 3.17. The Morgan fingerprint density at radius 1 is 1.53 bits per heavy atom. The van der Waals surface area contributed by atoms with Crippen molar-refractivity contribution in [1.29, 1.82) is 0 Å². The zero-order chi connectivity index (χ0) is 12.3. The number of likely N-dealkylation sites (tertiary alicyclic amines) is 1. The molecule has 1 aliphatic rings. The van der Waals surface area contributed by atoms with E-state index in [-0.39, 0.29) is 18.2 Å². The zero-order valence-corrected chi connectivity index (χ0v) is 10.0. The van der Waals surface area contributed by atoms with Gasteiger partial charge in [-0.3, -0.25) is 9.59 Å². The first kappa shape index (κ1) is 11.9. The molecule has 1 saturated heterocycles. The first-order chi connectivity index (χ1) is 8.15. The van der Waals surface area contributed by atoms with Crippen LogP contribution in [0.1, 0.15) is 11.3 Å². The average molecular weight is 251 g/mol. The number of carbonyl (C=O) groups excluding carboxylic acids is 1. The molecular weight excluding hydrogens is 238 g/mol. The normalized spacial score (nSPS) is 16.1. The zero-order valence-electron chi connectivity index (χ0n) is 9.20. The number of hydrogen-bond acceptors (Lipinski definition) is 3. The van der Waals surface area contributed by atoms with Gasteiger partial charge >= 0.3 is 5.97 Å². The van der Waals surface area contributed by atoms with Crippen molar-refractivity contribution >= 4 is 29.3 Å². The summed E-state index contributed by atoms with van der Waals surface area (Å²) in [5, 5.41) is 10.5. The Bertz CT molecular complexity index is 433. The maximum absolute atomic E-state index is 11.6. The standard InChI is InChI=1S/C12H13NO3S/c14-11(4-3-10-2-1-5-17-10)13-7-9(8-13)6-12(15)16/h1-5,9H,6-8H2,(H,15,16). The summed E-state index contributed by atoms with van der Waals surface area (Å²) in [6.45, 7) is 1.11. The highest BCUT2D eigenvalue weighted by Gasteiger charge is 2.30. The molecule has 5 heteroatoms. The average Bonchev–Trinajstić information content (AvgIpc) is 2.71. The van der Waals surface area contributed by atoms with E-state index in [1.165, 1.54) is 0 Å². The van der Waals surface area contributed by atoms with Gasteiger partial charge in [0, 0.05) is 30.0 Å². The van der Waals surface area contributed by atoms with Crippen LogP contribution >= 0.6 is 11.3 Å². The van der Waals surface area contributed by atoms with E-state index >= 15 is 0 Å². The van der Waals surface area contributed by atoms with E-state index in [4.69, 9.17) is 5.11 Å². The highest BCUT2D eigenvalue weighted by molar-refractivity contribution is 7.10. The molecule has 1 amide bonds. The predicted molar refractivity (Wildman–Crippen MR) is 65.7 cm³/mol. The Morgan fingerprint density at radius 2 is 2.29 bits per heavy atom. The lowest BCUT2D eigenvalue weighted by atomic mass is 9.96. The quantitative estimate of drug-likeness (QED) is 0.828. The van der Waals surface area contributed by atoms with Crippen LogP contribution in [0.2, 0.25) is 0 Å². The van der Waals surface area contributed by atoms with Gasteiger partial charge in [0.15, 0.2) is 0 Å². The molecule has 0 aliphatic carbocycles. The molecular formula is C12H13NO3S. The van der Waals surface area contributed by atoms with Gasteiger partial charge in [-0.15, -0.1) is 11.3 Å². The Kier molecular flexibility index (Phi) is 3.58. The SMILES string of the molecule is O=C(O)CC1CN(C(=O)C=Cc2cccs2)C1. The highest BCUT2D eigenvalue weighted by Crippen LogP contribution is 2.19. The van der Waals surface area contributed by atoms with Crippen molar-refractivity contribution in [3.8, 4) is 0 Å². The summed E-state index contributed by atoms with van der Waals surface area (Å²) in [4.78, 5) is 24.8. The summed E-state index contributed by atoms with van der Waals surface area (Å²) >= 11 is 1.58. The van der Waals surface area contributed by atoms with E-state index in [0.29, 0.717) is 13.1 Å². The van der Waals surface area contributed by atoms with E-state index in [0.717, 1.165) is 4.88 Å². The number of nitrogens with zero attached hydrogens (tertiary/aromatic N) is 1. The van der Waals surface area contributed by atoms with Crippen LogP contribution in [0.5, 0.6) is 0 Å². The number of carboxylic acid groups (broad SMARTS) is 1. The lowest BCUT2D eigenvalue weighted by molar-refractivity contribution is -0.143. The molecule has 0 unspecified atom stereocenters. The second-order valence-corrected chi connectivity index (χ2v) is 5.04. The fraction of sp³-hybridized carbons (Fsp3) is 0.333. The van der Waals surface area contributed by atoms with Gasteiger partial charge < -0.3 is 10.0 Å². The molecule has 0 atom stereocenters. The largest absolute Gasteiger partial charge is 0.481 e. The molecule has 90 valence electrons. The molecule has 4 nitrogen and oxygen atoms in total. The van der Waals surface area contributed by atoms with Crippen LogP contribution < -0.4 is 0 Å². The summed E-state index contributed by atoms with van der Waals surface area (Å²) in [6.07, 6.45) is 3.48. The van der Waals surface area contributed by atoms with Crippen LogP contribution in [0, 0.1) is 5.92 Å². The first-order valence-corrected chi connectivity index (χ1v) is 6.25. The minimum atomic E-state index is -0.795. The smallest absolute Gasteiger partial charge is 0.303 e. The molecule has 2 rings (SSSR count). The van der Waals surface area contributed by atoms with E-state index in [2.05, 4.69) is 0 Å². The summed E-state index contributed by atoms with van der Waals surface area (Å²) < 4.78 is 0. The van der Waals surface area contributed by atoms with Crippen molar-refractivity contribution in [1.82, 2.24) is 4.90 Å². The minimum Gasteiger partial charge on any atom is -0.481 e. The number of aliphatic carboxylic acids is 1. The predicted octanol–water partition coefficient (Wildman–Crippen LogP) is 1.69. The second kappa shape index (κ2) is 5.14. The monoisotopic (exact) mass is 251 g/mol. The molecule has 2 heterocycles. The van der Waals surface area contributed by atoms with Gasteiger partial charge in [-0.05, 0) is 17.5 Å². The summed E-state index contributed by atoms with van der Waals surface area (Å²) in [5.74, 6) is -0.720. The molecule has 1 N–H and O–H groups in total. The topological polar surface area (TPSA) is 57.6 Å². The van der Waals surface area contributed by atoms with Crippen LogP contribution in [0.4, 0.5) is 0 Å². The van der Waals surface area contributed by atoms with Gasteiger partial charge in [0.1, 0.15) is 0 Å².